The van der Waals surface area contributed by atoms with Gasteiger partial charge in [0, 0.05) is 24.0 Å². The Labute approximate surface area is 108 Å². The topological polar surface area (TPSA) is 61.6 Å². The van der Waals surface area contributed by atoms with Gasteiger partial charge in [0.05, 0.1) is 18.2 Å². The van der Waals surface area contributed by atoms with Gasteiger partial charge in [-0.25, -0.2) is 0 Å². The van der Waals surface area contributed by atoms with Gasteiger partial charge in [-0.15, -0.1) is 0 Å². The van der Waals surface area contributed by atoms with Gasteiger partial charge in [0.15, 0.2) is 0 Å². The highest BCUT2D eigenvalue weighted by Crippen LogP contribution is 2.32. The van der Waals surface area contributed by atoms with Crippen LogP contribution in [0.2, 0.25) is 0 Å². The largest absolute Gasteiger partial charge is 0.495 e. The predicted molar refractivity (Wildman–Crippen MR) is 67.0 cm³/mol. The lowest BCUT2D eigenvalue weighted by Crippen LogP contribution is -2.08. The lowest BCUT2D eigenvalue weighted by atomic mass is 10.0. The van der Waals surface area contributed by atoms with Crippen LogP contribution in [0.1, 0.15) is 11.1 Å². The van der Waals surface area contributed by atoms with Gasteiger partial charge < -0.3 is 9.47 Å². The number of nitro groups is 1. The fourth-order valence-electron chi connectivity index (χ4n) is 1.61. The lowest BCUT2D eigenvalue weighted by molar-refractivity contribution is -0.479. The van der Waals surface area contributed by atoms with Gasteiger partial charge in [0.1, 0.15) is 5.75 Å². The molecule has 0 amide bonds. The molecule has 0 aliphatic carbocycles. The van der Waals surface area contributed by atoms with E-state index in [9.17, 15) is 10.1 Å². The van der Waals surface area contributed by atoms with Crippen LogP contribution in [0.4, 0.5) is 0 Å². The quantitative estimate of drug-likeness (QED) is 0.598. The predicted octanol–water partition coefficient (Wildman–Crippen LogP) is 2.42. The Bertz CT molecular complexity index is 409. The number of hydrogen-bond acceptors (Lipinski definition) is 4. The van der Waals surface area contributed by atoms with E-state index in [4.69, 9.17) is 9.47 Å². The number of nitrogens with zero attached hydrogens (tertiary/aromatic N) is 1. The average molecular weight is 304 g/mol. The zero-order valence-corrected chi connectivity index (χ0v) is 11.3. The molecule has 0 atom stereocenters. The second kappa shape index (κ2) is 6.56. The molecule has 94 valence electrons. The molecule has 6 heteroatoms. The summed E-state index contributed by atoms with van der Waals surface area (Å²) in [6.07, 6.45) is 0.370. The van der Waals surface area contributed by atoms with Crippen LogP contribution >= 0.6 is 15.9 Å². The third-order valence-corrected chi connectivity index (χ3v) is 2.99. The molecule has 1 aromatic rings. The number of ether oxygens (including phenoxy) is 2. The van der Waals surface area contributed by atoms with Gasteiger partial charge in [0.2, 0.25) is 6.54 Å². The molecule has 0 N–H and O–H groups in total. The smallest absolute Gasteiger partial charge is 0.207 e. The molecule has 17 heavy (non-hydrogen) atoms. The van der Waals surface area contributed by atoms with Crippen LogP contribution in [0.3, 0.4) is 0 Å². The van der Waals surface area contributed by atoms with Crippen LogP contribution in [0.15, 0.2) is 16.6 Å². The van der Waals surface area contributed by atoms with Crippen LogP contribution < -0.4 is 4.74 Å². The zero-order chi connectivity index (χ0) is 12.8. The molecule has 0 fully saturated rings. The molecule has 0 aliphatic heterocycles. The van der Waals surface area contributed by atoms with Crippen molar-refractivity contribution < 1.29 is 14.4 Å². The maximum Gasteiger partial charge on any atom is 0.207 e. The molecule has 0 saturated heterocycles. The Balaban J connectivity index is 3.06. The zero-order valence-electron chi connectivity index (χ0n) is 9.73. The minimum absolute atomic E-state index is 0.0957. The summed E-state index contributed by atoms with van der Waals surface area (Å²) in [5.41, 5.74) is 1.73. The van der Waals surface area contributed by atoms with Crippen molar-refractivity contribution in [3.8, 4) is 5.75 Å². The van der Waals surface area contributed by atoms with Crippen LogP contribution in [-0.4, -0.2) is 25.7 Å². The first-order valence-electron chi connectivity index (χ1n) is 5.05. The molecule has 0 spiro atoms. The molecule has 0 aromatic heterocycles. The fraction of sp³-hybridized carbons (Fsp3) is 0.455. The lowest BCUT2D eigenvalue weighted by Gasteiger charge is -2.14. The highest BCUT2D eigenvalue weighted by molar-refractivity contribution is 9.10. The molecular weight excluding hydrogens is 290 g/mol. The van der Waals surface area contributed by atoms with Gasteiger partial charge in [-0.05, 0) is 27.6 Å². The SMILES string of the molecule is COCc1c(CC[N+](=O)[O-])ccc(Br)c1OC. The second-order valence-electron chi connectivity index (χ2n) is 3.46. The summed E-state index contributed by atoms with van der Waals surface area (Å²) in [5, 5.41) is 10.4. The molecule has 0 unspecified atom stereocenters. The van der Waals surface area contributed by atoms with Crippen molar-refractivity contribution >= 4 is 15.9 Å². The summed E-state index contributed by atoms with van der Waals surface area (Å²) in [7, 11) is 3.15. The minimum atomic E-state index is -0.328. The van der Waals surface area contributed by atoms with Gasteiger partial charge >= 0.3 is 0 Å². The molecular formula is C11H14BrNO4. The van der Waals surface area contributed by atoms with Crippen LogP contribution in [0.25, 0.3) is 0 Å². The molecule has 0 radical (unpaired) electrons. The minimum Gasteiger partial charge on any atom is -0.495 e. The van der Waals surface area contributed by atoms with Gasteiger partial charge in [0.25, 0.3) is 0 Å². The summed E-state index contributed by atoms with van der Waals surface area (Å²) in [6, 6.07) is 3.68. The first-order valence-corrected chi connectivity index (χ1v) is 5.84. The normalized spacial score (nSPS) is 10.3. The number of benzene rings is 1. The van der Waals surface area contributed by atoms with E-state index >= 15 is 0 Å². The number of hydrogen-bond donors (Lipinski definition) is 0. The third kappa shape index (κ3) is 3.67. The second-order valence-corrected chi connectivity index (χ2v) is 4.31. The Morgan fingerprint density at radius 1 is 1.41 bits per heavy atom. The van der Waals surface area contributed by atoms with Gasteiger partial charge in [-0.2, -0.15) is 0 Å². The molecule has 1 rings (SSSR count). The van der Waals surface area contributed by atoms with Crippen molar-refractivity contribution in [2.75, 3.05) is 20.8 Å². The van der Waals surface area contributed by atoms with Crippen LogP contribution in [0.5, 0.6) is 5.75 Å². The van der Waals surface area contributed by atoms with E-state index in [0.717, 1.165) is 15.6 Å². The summed E-state index contributed by atoms with van der Waals surface area (Å²) < 4.78 is 11.2. The summed E-state index contributed by atoms with van der Waals surface area (Å²) >= 11 is 3.38. The highest BCUT2D eigenvalue weighted by atomic mass is 79.9. The Morgan fingerprint density at radius 2 is 2.12 bits per heavy atom. The summed E-state index contributed by atoms with van der Waals surface area (Å²) in [4.78, 5) is 10.1. The molecule has 1 aromatic carbocycles. The number of methoxy groups -OCH3 is 2. The molecule has 0 bridgehead atoms. The Morgan fingerprint density at radius 3 is 2.65 bits per heavy atom. The maximum atomic E-state index is 10.4. The van der Waals surface area contributed by atoms with E-state index in [2.05, 4.69) is 15.9 Å². The summed E-state index contributed by atoms with van der Waals surface area (Å²) in [5.74, 6) is 0.674. The van der Waals surface area contributed by atoms with E-state index in [-0.39, 0.29) is 11.5 Å². The number of rotatable bonds is 6. The average Bonchev–Trinajstić information content (AvgIpc) is 2.28. The van der Waals surface area contributed by atoms with E-state index in [1.165, 1.54) is 0 Å². The van der Waals surface area contributed by atoms with E-state index < -0.39 is 0 Å². The van der Waals surface area contributed by atoms with E-state index in [0.29, 0.717) is 18.8 Å². The van der Waals surface area contributed by atoms with Gasteiger partial charge in [-0.3, -0.25) is 10.1 Å². The monoisotopic (exact) mass is 303 g/mol. The van der Waals surface area contributed by atoms with Gasteiger partial charge in [-0.1, -0.05) is 6.07 Å². The molecule has 0 heterocycles. The number of halogens is 1. The maximum absolute atomic E-state index is 10.4. The van der Waals surface area contributed by atoms with E-state index in [1.54, 1.807) is 14.2 Å². The third-order valence-electron chi connectivity index (χ3n) is 2.37. The highest BCUT2D eigenvalue weighted by Gasteiger charge is 2.14. The Kier molecular flexibility index (Phi) is 5.37. The first-order chi connectivity index (χ1) is 8.10. The first kappa shape index (κ1) is 13.9. The van der Waals surface area contributed by atoms with Crippen molar-refractivity contribution in [1.82, 2.24) is 0 Å². The van der Waals surface area contributed by atoms with Crippen molar-refractivity contribution in [2.24, 2.45) is 0 Å². The summed E-state index contributed by atoms with van der Waals surface area (Å²) in [6.45, 7) is 0.275. The van der Waals surface area contributed by atoms with Crippen molar-refractivity contribution in [1.29, 1.82) is 0 Å². The van der Waals surface area contributed by atoms with Crippen molar-refractivity contribution in [3.05, 3.63) is 37.8 Å². The molecule has 5 nitrogen and oxygen atoms in total. The van der Waals surface area contributed by atoms with Crippen molar-refractivity contribution in [3.63, 3.8) is 0 Å². The molecule has 0 saturated carbocycles. The van der Waals surface area contributed by atoms with Crippen molar-refractivity contribution in [2.45, 2.75) is 13.0 Å². The standard InChI is InChI=1S/C11H14BrNO4/c1-16-7-9-8(5-6-13(14)15)3-4-10(12)11(9)17-2/h3-4H,5-7H2,1-2H3. The van der Waals surface area contributed by atoms with Crippen LogP contribution in [0, 0.1) is 10.1 Å². The molecule has 0 aliphatic rings. The fourth-order valence-corrected chi connectivity index (χ4v) is 2.14. The van der Waals surface area contributed by atoms with Crippen LogP contribution in [-0.2, 0) is 17.8 Å². The Hall–Kier alpha value is -1.14. The van der Waals surface area contributed by atoms with E-state index in [1.807, 2.05) is 12.1 Å².